The Kier molecular flexibility index (Phi) is 7.91. The lowest BCUT2D eigenvalue weighted by Crippen LogP contribution is -2.39. The zero-order valence-electron chi connectivity index (χ0n) is 19.6. The molecule has 1 heterocycles. The molecule has 1 saturated carbocycles. The van der Waals surface area contributed by atoms with Crippen LogP contribution in [0.2, 0.25) is 0 Å². The first-order valence-corrected chi connectivity index (χ1v) is 12.7. The van der Waals surface area contributed by atoms with Crippen molar-refractivity contribution in [3.63, 3.8) is 0 Å². The number of aromatic nitrogens is 2. The molecular formula is C25H29N5O4S. The first-order chi connectivity index (χ1) is 16.9. The molecule has 0 atom stereocenters. The normalized spacial score (nSPS) is 14.0. The van der Waals surface area contributed by atoms with E-state index < -0.39 is 5.91 Å². The topological polar surface area (TPSA) is 127 Å². The van der Waals surface area contributed by atoms with Crippen LogP contribution in [0, 0.1) is 0 Å². The van der Waals surface area contributed by atoms with Gasteiger partial charge in [0.05, 0.1) is 28.9 Å². The van der Waals surface area contributed by atoms with Crippen molar-refractivity contribution >= 4 is 46.2 Å². The number of carbonyl (C=O) groups excluding carboxylic acids is 3. The average Bonchev–Trinajstić information content (AvgIpc) is 3.25. The van der Waals surface area contributed by atoms with E-state index in [1.54, 1.807) is 36.4 Å². The molecule has 1 fully saturated rings. The zero-order chi connectivity index (χ0) is 24.8. The van der Waals surface area contributed by atoms with Gasteiger partial charge in [0.2, 0.25) is 11.8 Å². The number of hydrogen-bond acceptors (Lipinski definition) is 5. The number of H-pyrrole nitrogens is 2. The van der Waals surface area contributed by atoms with Crippen molar-refractivity contribution in [3.8, 4) is 0 Å². The average molecular weight is 496 g/mol. The second kappa shape index (κ2) is 11.3. The molecule has 1 aliphatic rings. The van der Waals surface area contributed by atoms with Crippen molar-refractivity contribution in [3.05, 3.63) is 58.5 Å². The number of hydrogen-bond donors (Lipinski definition) is 4. The van der Waals surface area contributed by atoms with Gasteiger partial charge in [0.1, 0.15) is 0 Å². The summed E-state index contributed by atoms with van der Waals surface area (Å²) in [6.07, 6.45) is 5.64. The Labute approximate surface area is 207 Å². The fraction of sp³-hybridized carbons (Fsp3) is 0.360. The molecule has 4 N–H and O–H groups in total. The molecule has 4 rings (SSSR count). The minimum Gasteiger partial charge on any atom is -0.343 e. The van der Waals surface area contributed by atoms with Gasteiger partial charge in [-0.05, 0) is 43.2 Å². The van der Waals surface area contributed by atoms with Crippen molar-refractivity contribution in [2.24, 2.45) is 0 Å². The highest BCUT2D eigenvalue weighted by molar-refractivity contribution is 8.00. The monoisotopic (exact) mass is 495 g/mol. The largest absolute Gasteiger partial charge is 0.343 e. The third kappa shape index (κ3) is 6.33. The van der Waals surface area contributed by atoms with Crippen molar-refractivity contribution < 1.29 is 14.4 Å². The van der Waals surface area contributed by atoms with Crippen LogP contribution in [0.25, 0.3) is 11.0 Å². The van der Waals surface area contributed by atoms with Crippen LogP contribution in [-0.4, -0.2) is 58.0 Å². The van der Waals surface area contributed by atoms with Crippen molar-refractivity contribution in [2.45, 2.75) is 43.0 Å². The van der Waals surface area contributed by atoms with Crippen LogP contribution in [-0.2, 0) is 9.59 Å². The molecule has 10 heteroatoms. The van der Waals surface area contributed by atoms with E-state index in [0.717, 1.165) is 25.7 Å². The minimum atomic E-state index is -0.398. The van der Waals surface area contributed by atoms with Gasteiger partial charge in [-0.15, -0.1) is 11.8 Å². The van der Waals surface area contributed by atoms with E-state index in [1.807, 2.05) is 18.0 Å². The molecule has 0 bridgehead atoms. The van der Waals surface area contributed by atoms with Crippen molar-refractivity contribution in [1.29, 1.82) is 0 Å². The number of nitrogens with zero attached hydrogens (tertiary/aromatic N) is 1. The zero-order valence-corrected chi connectivity index (χ0v) is 20.4. The smallest absolute Gasteiger partial charge is 0.323 e. The van der Waals surface area contributed by atoms with Crippen LogP contribution in [0.5, 0.6) is 0 Å². The fourth-order valence-corrected chi connectivity index (χ4v) is 5.24. The predicted octanol–water partition coefficient (Wildman–Crippen LogP) is 3.11. The van der Waals surface area contributed by atoms with E-state index in [0.29, 0.717) is 33.2 Å². The summed E-state index contributed by atoms with van der Waals surface area (Å²) in [5.74, 6) is -0.481. The molecule has 2 aromatic carbocycles. The molecule has 0 aliphatic heterocycles. The molecule has 3 aromatic rings. The number of thioether (sulfide) groups is 1. The van der Waals surface area contributed by atoms with Gasteiger partial charge in [0.15, 0.2) is 0 Å². The van der Waals surface area contributed by atoms with Gasteiger partial charge in [0.25, 0.3) is 5.91 Å². The van der Waals surface area contributed by atoms with Gasteiger partial charge in [0, 0.05) is 23.7 Å². The number of fused-ring (bicyclic) bond motifs is 1. The van der Waals surface area contributed by atoms with E-state index in [-0.39, 0.29) is 29.8 Å². The van der Waals surface area contributed by atoms with Crippen LogP contribution in [0.4, 0.5) is 5.69 Å². The summed E-state index contributed by atoms with van der Waals surface area (Å²) in [5, 5.41) is 5.34. The van der Waals surface area contributed by atoms with E-state index in [4.69, 9.17) is 0 Å². The molecule has 0 unspecified atom stereocenters. The third-order valence-electron chi connectivity index (χ3n) is 6.21. The number of amides is 3. The first-order valence-electron chi connectivity index (χ1n) is 11.7. The van der Waals surface area contributed by atoms with E-state index >= 15 is 0 Å². The van der Waals surface area contributed by atoms with Crippen LogP contribution >= 0.6 is 11.8 Å². The number of imidazole rings is 1. The van der Waals surface area contributed by atoms with Gasteiger partial charge >= 0.3 is 5.69 Å². The van der Waals surface area contributed by atoms with Gasteiger partial charge in [-0.3, -0.25) is 14.4 Å². The van der Waals surface area contributed by atoms with E-state index in [1.165, 1.54) is 18.2 Å². The number of anilines is 1. The Bertz CT molecular complexity index is 1280. The van der Waals surface area contributed by atoms with Gasteiger partial charge in [-0.25, -0.2) is 4.79 Å². The van der Waals surface area contributed by atoms with Crippen LogP contribution in [0.3, 0.4) is 0 Å². The second-order valence-electron chi connectivity index (χ2n) is 8.65. The molecule has 3 amide bonds. The quantitative estimate of drug-likeness (QED) is 0.357. The summed E-state index contributed by atoms with van der Waals surface area (Å²) >= 11 is 1.33. The summed E-state index contributed by atoms with van der Waals surface area (Å²) < 4.78 is 0. The summed E-state index contributed by atoms with van der Waals surface area (Å²) in [6.45, 7) is -0.219. The molecule has 1 aromatic heterocycles. The second-order valence-corrected chi connectivity index (χ2v) is 9.67. The highest BCUT2D eigenvalue weighted by Gasteiger charge is 2.22. The summed E-state index contributed by atoms with van der Waals surface area (Å²) in [4.78, 5) is 57.0. The first kappa shape index (κ1) is 24.6. The van der Waals surface area contributed by atoms with Crippen molar-refractivity contribution in [1.82, 2.24) is 20.2 Å². The highest BCUT2D eigenvalue weighted by Crippen LogP contribution is 2.25. The standard InChI is InChI=1S/C25H29N5O4S/c1-30(17-7-3-2-4-8-17)23(32)15-35-21-10-6-5-9-18(21)24(33)26-14-22(31)27-16-11-12-19-20(13-16)29-25(34)28-19/h5-6,9-13,17H,2-4,7-8,14-15H2,1H3,(H,26,33)(H,27,31)(H2,28,29,34). The third-order valence-corrected chi connectivity index (χ3v) is 7.27. The molecule has 1 aliphatic carbocycles. The fourth-order valence-electron chi connectivity index (χ4n) is 4.26. The Hall–Kier alpha value is -3.53. The summed E-state index contributed by atoms with van der Waals surface area (Å²) in [7, 11) is 1.86. The molecule has 184 valence electrons. The van der Waals surface area contributed by atoms with Gasteiger partial charge in [-0.1, -0.05) is 31.4 Å². The lowest BCUT2D eigenvalue weighted by Gasteiger charge is -2.31. The highest BCUT2D eigenvalue weighted by atomic mass is 32.2. The lowest BCUT2D eigenvalue weighted by molar-refractivity contribution is -0.129. The Morgan fingerprint density at radius 2 is 1.77 bits per heavy atom. The molecule has 35 heavy (non-hydrogen) atoms. The molecule has 0 radical (unpaired) electrons. The summed E-state index contributed by atoms with van der Waals surface area (Å²) in [6, 6.07) is 12.3. The maximum Gasteiger partial charge on any atom is 0.323 e. The van der Waals surface area contributed by atoms with Gasteiger partial charge < -0.3 is 25.5 Å². The Morgan fingerprint density at radius 1 is 1.03 bits per heavy atom. The van der Waals surface area contributed by atoms with Gasteiger partial charge in [-0.2, -0.15) is 0 Å². The number of carbonyl (C=O) groups is 3. The molecule has 0 saturated heterocycles. The number of benzene rings is 2. The predicted molar refractivity (Wildman–Crippen MR) is 137 cm³/mol. The molecular weight excluding hydrogens is 466 g/mol. The Balaban J connectivity index is 1.30. The maximum atomic E-state index is 12.8. The molecule has 9 nitrogen and oxygen atoms in total. The van der Waals surface area contributed by atoms with E-state index in [2.05, 4.69) is 20.6 Å². The maximum absolute atomic E-state index is 12.8. The Morgan fingerprint density at radius 3 is 2.57 bits per heavy atom. The van der Waals surface area contributed by atoms with Crippen molar-refractivity contribution in [2.75, 3.05) is 24.7 Å². The van der Waals surface area contributed by atoms with Crippen LogP contribution < -0.4 is 16.3 Å². The summed E-state index contributed by atoms with van der Waals surface area (Å²) in [5.41, 5.74) is 1.81. The SMILES string of the molecule is CN(C(=O)CSc1ccccc1C(=O)NCC(=O)Nc1ccc2[nH]c(=O)[nH]c2c1)C1CCCCC1. The van der Waals surface area contributed by atoms with Crippen LogP contribution in [0.1, 0.15) is 42.5 Å². The number of aromatic amines is 2. The number of rotatable bonds is 8. The number of nitrogens with one attached hydrogen (secondary N) is 4. The van der Waals surface area contributed by atoms with Crippen LogP contribution in [0.15, 0.2) is 52.2 Å². The molecule has 0 spiro atoms. The minimum absolute atomic E-state index is 0.0530. The van der Waals surface area contributed by atoms with E-state index in [9.17, 15) is 19.2 Å². The lowest BCUT2D eigenvalue weighted by atomic mass is 9.94.